The first-order valence-electron chi connectivity index (χ1n) is 12.2. The Hall–Kier alpha value is -4.38. The molecule has 1 saturated heterocycles. The van der Waals surface area contributed by atoms with Gasteiger partial charge in [0.1, 0.15) is 18.0 Å². The summed E-state index contributed by atoms with van der Waals surface area (Å²) >= 11 is 6.13. The number of imidazole rings is 2. The second-order valence-corrected chi connectivity index (χ2v) is 10.0. The third kappa shape index (κ3) is 3.61. The van der Waals surface area contributed by atoms with E-state index in [0.29, 0.717) is 17.7 Å². The highest BCUT2D eigenvalue weighted by Crippen LogP contribution is 2.44. The number of rotatable bonds is 4. The van der Waals surface area contributed by atoms with E-state index in [1.165, 1.54) is 23.2 Å². The molecule has 2 aromatic carbocycles. The second kappa shape index (κ2) is 8.59. The average Bonchev–Trinajstić information content (AvgIpc) is 3.70. The van der Waals surface area contributed by atoms with Crippen LogP contribution in [0, 0.1) is 12.7 Å². The Labute approximate surface area is 220 Å². The largest absolute Gasteiger partial charge is 0.342 e. The molecule has 1 fully saturated rings. The van der Waals surface area contributed by atoms with Crippen molar-refractivity contribution in [1.82, 2.24) is 45.0 Å². The Morgan fingerprint density at radius 2 is 2.05 bits per heavy atom. The van der Waals surface area contributed by atoms with Gasteiger partial charge in [-0.3, -0.25) is 4.79 Å². The first-order chi connectivity index (χ1) is 18.5. The van der Waals surface area contributed by atoms with Crippen molar-refractivity contribution in [1.29, 1.82) is 0 Å². The summed E-state index contributed by atoms with van der Waals surface area (Å²) in [7, 11) is 0. The van der Waals surface area contributed by atoms with Crippen LogP contribution in [0.4, 0.5) is 4.39 Å². The van der Waals surface area contributed by atoms with Gasteiger partial charge in [-0.1, -0.05) is 17.7 Å². The zero-order valence-electron chi connectivity index (χ0n) is 20.2. The van der Waals surface area contributed by atoms with Crippen LogP contribution in [0.2, 0.25) is 5.02 Å². The van der Waals surface area contributed by atoms with Gasteiger partial charge in [0.25, 0.3) is 0 Å². The normalized spacial score (nSPS) is 19.3. The number of aromatic amines is 2. The molecule has 190 valence electrons. The number of aryl methyl sites for hydroxylation is 1. The molecule has 7 rings (SSSR count). The number of benzene rings is 2. The van der Waals surface area contributed by atoms with Crippen molar-refractivity contribution in [2.24, 2.45) is 0 Å². The molecule has 0 bridgehead atoms. The highest BCUT2D eigenvalue weighted by atomic mass is 35.5. The number of hydrogen-bond donors (Lipinski definition) is 2. The highest BCUT2D eigenvalue weighted by Gasteiger charge is 2.42. The Morgan fingerprint density at radius 3 is 2.89 bits per heavy atom. The molecule has 5 aromatic rings. The molecule has 5 heterocycles. The van der Waals surface area contributed by atoms with Crippen LogP contribution in [0.25, 0.3) is 33.6 Å². The number of carbonyl (C=O) groups is 1. The van der Waals surface area contributed by atoms with Gasteiger partial charge in [-0.25, -0.2) is 14.4 Å². The van der Waals surface area contributed by atoms with Crippen molar-refractivity contribution in [2.75, 3.05) is 0 Å². The van der Waals surface area contributed by atoms with Gasteiger partial charge in [0.05, 0.1) is 39.7 Å². The molecule has 0 spiro atoms. The zero-order valence-corrected chi connectivity index (χ0v) is 20.9. The number of fused-ring (bicyclic) bond motifs is 2. The molecule has 3 aromatic heterocycles. The van der Waals surface area contributed by atoms with E-state index in [2.05, 4.69) is 35.5 Å². The summed E-state index contributed by atoms with van der Waals surface area (Å²) in [6.45, 7) is 1.92. The number of H-pyrrole nitrogens is 2. The van der Waals surface area contributed by atoms with E-state index in [9.17, 15) is 4.79 Å². The lowest BCUT2D eigenvalue weighted by atomic mass is 9.92. The summed E-state index contributed by atoms with van der Waals surface area (Å²) in [5, 5.41) is 11.2. The standard InChI is InChI=1S/C26H21ClFN9O/c1-13-31-18-5-2-14(9-19(18)32-13)20-11-29-26(33-20)22-6-3-16-8-15(10-23(38)37(16)22)24-21(36-12-30-34-35-36)7-4-17(27)25(24)28/h2,4-5,7,9-12,16,22H,3,6,8H2,1H3,(H,29,33)(H,31,32)/t16-,22+/m1/s1. The van der Waals surface area contributed by atoms with Crippen LogP contribution in [-0.4, -0.2) is 57.0 Å². The van der Waals surface area contributed by atoms with Crippen molar-refractivity contribution >= 4 is 34.1 Å². The van der Waals surface area contributed by atoms with Gasteiger partial charge < -0.3 is 14.9 Å². The van der Waals surface area contributed by atoms with Crippen LogP contribution in [0.5, 0.6) is 0 Å². The topological polar surface area (TPSA) is 121 Å². The second-order valence-electron chi connectivity index (χ2n) is 9.61. The number of halogens is 2. The lowest BCUT2D eigenvalue weighted by Crippen LogP contribution is -2.39. The number of nitrogens with zero attached hydrogens (tertiary/aromatic N) is 7. The number of nitrogens with one attached hydrogen (secondary N) is 2. The number of hydrogen-bond acceptors (Lipinski definition) is 6. The third-order valence-electron chi connectivity index (χ3n) is 7.32. The number of amides is 1. The summed E-state index contributed by atoms with van der Waals surface area (Å²) < 4.78 is 16.7. The monoisotopic (exact) mass is 529 g/mol. The van der Waals surface area contributed by atoms with Crippen molar-refractivity contribution in [3.8, 4) is 16.9 Å². The lowest BCUT2D eigenvalue weighted by Gasteiger charge is -2.33. The van der Waals surface area contributed by atoms with Crippen molar-refractivity contribution in [3.63, 3.8) is 0 Å². The van der Waals surface area contributed by atoms with Crippen LogP contribution >= 0.6 is 11.6 Å². The molecule has 0 unspecified atom stereocenters. The SMILES string of the molecule is Cc1nc2ccc(-c3cnc([C@@H]4CC[C@@H]5CC(c6c(-n7cnnn7)ccc(Cl)c6F)=CC(=O)N54)[nH]3)cc2[nH]1. The molecule has 0 radical (unpaired) electrons. The Balaban J connectivity index is 1.20. The highest BCUT2D eigenvalue weighted by molar-refractivity contribution is 6.31. The Kier molecular flexibility index (Phi) is 5.15. The first-order valence-corrected chi connectivity index (χ1v) is 12.6. The number of aromatic nitrogens is 8. The van der Waals surface area contributed by atoms with E-state index in [1.807, 2.05) is 30.0 Å². The minimum Gasteiger partial charge on any atom is -0.342 e. The van der Waals surface area contributed by atoms with Crippen LogP contribution in [0.15, 0.2) is 48.9 Å². The fraction of sp³-hybridized carbons (Fsp3) is 0.231. The van der Waals surface area contributed by atoms with E-state index in [-0.39, 0.29) is 28.6 Å². The van der Waals surface area contributed by atoms with Crippen LogP contribution in [0.3, 0.4) is 0 Å². The molecule has 1 amide bonds. The van der Waals surface area contributed by atoms with Crippen molar-refractivity contribution < 1.29 is 9.18 Å². The molecular weight excluding hydrogens is 509 g/mol. The predicted molar refractivity (Wildman–Crippen MR) is 138 cm³/mol. The maximum absolute atomic E-state index is 15.3. The van der Waals surface area contributed by atoms with Gasteiger partial charge in [-0.05, 0) is 66.5 Å². The van der Waals surface area contributed by atoms with Gasteiger partial charge in [-0.15, -0.1) is 5.10 Å². The minimum atomic E-state index is -0.596. The molecule has 2 aliphatic heterocycles. The van der Waals surface area contributed by atoms with Crippen LogP contribution in [-0.2, 0) is 4.79 Å². The fourth-order valence-corrected chi connectivity index (χ4v) is 5.82. The maximum Gasteiger partial charge on any atom is 0.247 e. The van der Waals surface area contributed by atoms with Gasteiger partial charge in [0, 0.05) is 23.2 Å². The number of tetrazole rings is 1. The van der Waals surface area contributed by atoms with Gasteiger partial charge in [0.2, 0.25) is 5.91 Å². The molecule has 0 saturated carbocycles. The summed E-state index contributed by atoms with van der Waals surface area (Å²) in [6.07, 6.45) is 6.68. The zero-order chi connectivity index (χ0) is 26.0. The van der Waals surface area contributed by atoms with Crippen LogP contribution < -0.4 is 0 Å². The summed E-state index contributed by atoms with van der Waals surface area (Å²) in [5.41, 5.74) is 4.95. The first kappa shape index (κ1) is 22.8. The summed E-state index contributed by atoms with van der Waals surface area (Å²) in [4.78, 5) is 31.1. The molecule has 10 nitrogen and oxygen atoms in total. The predicted octanol–water partition coefficient (Wildman–Crippen LogP) is 4.55. The van der Waals surface area contributed by atoms with Gasteiger partial charge >= 0.3 is 0 Å². The van der Waals surface area contributed by atoms with E-state index >= 15 is 4.39 Å². The average molecular weight is 530 g/mol. The van der Waals surface area contributed by atoms with Crippen molar-refractivity contribution in [2.45, 2.75) is 38.3 Å². The molecule has 0 aliphatic carbocycles. The van der Waals surface area contributed by atoms with E-state index in [1.54, 1.807) is 12.3 Å². The van der Waals surface area contributed by atoms with Gasteiger partial charge in [-0.2, -0.15) is 4.68 Å². The number of carbonyl (C=O) groups excluding carboxylic acids is 1. The molecule has 2 aliphatic rings. The maximum atomic E-state index is 15.3. The molecule has 38 heavy (non-hydrogen) atoms. The summed E-state index contributed by atoms with van der Waals surface area (Å²) in [6, 6.07) is 8.83. The molecular formula is C26H21ClFN9O. The molecule has 12 heteroatoms. The fourth-order valence-electron chi connectivity index (χ4n) is 5.66. The van der Waals surface area contributed by atoms with E-state index < -0.39 is 5.82 Å². The molecule has 2 atom stereocenters. The quantitative estimate of drug-likeness (QED) is 0.352. The minimum absolute atomic E-state index is 0.0245. The van der Waals surface area contributed by atoms with E-state index in [4.69, 9.17) is 11.6 Å². The smallest absolute Gasteiger partial charge is 0.247 e. The van der Waals surface area contributed by atoms with Crippen LogP contribution in [0.1, 0.15) is 42.5 Å². The van der Waals surface area contributed by atoms with Gasteiger partial charge in [0.15, 0.2) is 5.82 Å². The Morgan fingerprint density at radius 1 is 1.16 bits per heavy atom. The summed E-state index contributed by atoms with van der Waals surface area (Å²) in [5.74, 6) is 0.810. The Bertz CT molecular complexity index is 1740. The lowest BCUT2D eigenvalue weighted by molar-refractivity contribution is -0.129. The van der Waals surface area contributed by atoms with E-state index in [0.717, 1.165) is 46.8 Å². The van der Waals surface area contributed by atoms with Crippen molar-refractivity contribution in [3.05, 3.63) is 77.0 Å². The third-order valence-corrected chi connectivity index (χ3v) is 7.61. The molecule has 2 N–H and O–H groups in total.